The van der Waals surface area contributed by atoms with Gasteiger partial charge in [0.25, 0.3) is 5.91 Å². The number of carbonyl (C=O) groups excluding carboxylic acids is 1. The fraction of sp³-hybridized carbons (Fsp3) is 0.450. The van der Waals surface area contributed by atoms with Gasteiger partial charge >= 0.3 is 0 Å². The van der Waals surface area contributed by atoms with E-state index in [2.05, 4.69) is 15.5 Å². The Morgan fingerprint density at radius 1 is 1.13 bits per heavy atom. The summed E-state index contributed by atoms with van der Waals surface area (Å²) >= 11 is 0. The van der Waals surface area contributed by atoms with E-state index in [4.69, 9.17) is 4.74 Å². The Balaban J connectivity index is 1.87. The second-order valence-electron chi connectivity index (χ2n) is 7.18. The van der Waals surface area contributed by atoms with Crippen LogP contribution in [0.4, 0.5) is 11.5 Å². The number of rotatable bonds is 7. The summed E-state index contributed by atoms with van der Waals surface area (Å²) in [4.78, 5) is 14.4. The highest BCUT2D eigenvalue weighted by molar-refractivity contribution is 7.89. The Hall–Kier alpha value is -2.72. The number of hydrogen-bond donors (Lipinski definition) is 1. The molecule has 3 rings (SSSR count). The Morgan fingerprint density at radius 2 is 1.87 bits per heavy atom. The molecule has 1 saturated heterocycles. The molecule has 2 heterocycles. The van der Waals surface area contributed by atoms with Gasteiger partial charge in [0.05, 0.1) is 6.61 Å². The van der Waals surface area contributed by atoms with Crippen LogP contribution in [-0.2, 0) is 10.0 Å². The average Bonchev–Trinajstić information content (AvgIpc) is 2.75. The van der Waals surface area contributed by atoms with Crippen molar-refractivity contribution >= 4 is 27.4 Å². The number of amides is 1. The molecular formula is C20H27N5O4S. The first-order chi connectivity index (χ1) is 14.3. The summed E-state index contributed by atoms with van der Waals surface area (Å²) in [6.07, 6.45) is 2.69. The molecule has 0 saturated carbocycles. The van der Waals surface area contributed by atoms with Crippen LogP contribution in [0.25, 0.3) is 0 Å². The number of nitrogens with one attached hydrogen (secondary N) is 1. The number of anilines is 2. The number of nitrogens with zero attached hydrogens (tertiary/aromatic N) is 4. The average molecular weight is 434 g/mol. The van der Waals surface area contributed by atoms with Crippen LogP contribution in [0.3, 0.4) is 0 Å². The van der Waals surface area contributed by atoms with Gasteiger partial charge in [-0.1, -0.05) is 6.42 Å². The van der Waals surface area contributed by atoms with Crippen molar-refractivity contribution < 1.29 is 17.9 Å². The Morgan fingerprint density at radius 3 is 2.47 bits per heavy atom. The topological polar surface area (TPSA) is 105 Å². The van der Waals surface area contributed by atoms with Crippen molar-refractivity contribution in [3.05, 3.63) is 36.0 Å². The molecule has 1 aromatic carbocycles. The highest BCUT2D eigenvalue weighted by Gasteiger charge is 2.29. The largest absolute Gasteiger partial charge is 0.492 e. The van der Waals surface area contributed by atoms with Gasteiger partial charge in [-0.15, -0.1) is 10.2 Å². The van der Waals surface area contributed by atoms with Crippen molar-refractivity contribution in [1.82, 2.24) is 14.5 Å². The lowest BCUT2D eigenvalue weighted by Gasteiger charge is -2.27. The summed E-state index contributed by atoms with van der Waals surface area (Å²) in [5.41, 5.74) is 0.479. The van der Waals surface area contributed by atoms with Crippen LogP contribution >= 0.6 is 0 Å². The van der Waals surface area contributed by atoms with Crippen LogP contribution in [0.5, 0.6) is 5.75 Å². The van der Waals surface area contributed by atoms with Crippen molar-refractivity contribution in [3.63, 3.8) is 0 Å². The maximum Gasteiger partial charge on any atom is 0.276 e. The third-order valence-electron chi connectivity index (χ3n) is 4.78. The van der Waals surface area contributed by atoms with Gasteiger partial charge in [0, 0.05) is 32.9 Å². The molecule has 0 spiro atoms. The predicted octanol–water partition coefficient (Wildman–Crippen LogP) is 2.37. The fourth-order valence-electron chi connectivity index (χ4n) is 3.19. The second kappa shape index (κ2) is 9.40. The van der Waals surface area contributed by atoms with Crippen LogP contribution in [0.1, 0.15) is 36.7 Å². The number of ether oxygens (including phenoxy) is 1. The molecule has 1 aliphatic heterocycles. The molecule has 30 heavy (non-hydrogen) atoms. The van der Waals surface area contributed by atoms with Gasteiger partial charge < -0.3 is 15.0 Å². The molecule has 0 bridgehead atoms. The molecule has 2 aromatic rings. The summed E-state index contributed by atoms with van der Waals surface area (Å²) < 4.78 is 33.4. The predicted molar refractivity (Wildman–Crippen MR) is 115 cm³/mol. The van der Waals surface area contributed by atoms with Gasteiger partial charge in [0.1, 0.15) is 10.6 Å². The summed E-state index contributed by atoms with van der Waals surface area (Å²) in [6, 6.07) is 7.87. The summed E-state index contributed by atoms with van der Waals surface area (Å²) in [5.74, 6) is 0.428. The van der Waals surface area contributed by atoms with E-state index in [1.54, 1.807) is 36.1 Å². The van der Waals surface area contributed by atoms with E-state index in [1.807, 2.05) is 14.1 Å². The minimum absolute atomic E-state index is 0.0538. The van der Waals surface area contributed by atoms with Crippen molar-refractivity contribution in [2.45, 2.75) is 31.1 Å². The van der Waals surface area contributed by atoms with Crippen LogP contribution in [0, 0.1) is 0 Å². The van der Waals surface area contributed by atoms with Gasteiger partial charge in [0.2, 0.25) is 10.0 Å². The first-order valence-corrected chi connectivity index (χ1v) is 11.4. The Labute approximate surface area is 177 Å². The molecular weight excluding hydrogens is 406 g/mol. The summed E-state index contributed by atoms with van der Waals surface area (Å²) in [6.45, 7) is 3.10. The number of benzene rings is 1. The smallest absolute Gasteiger partial charge is 0.276 e. The fourth-order valence-corrected chi connectivity index (χ4v) is 4.86. The van der Waals surface area contributed by atoms with Crippen molar-refractivity contribution in [2.75, 3.05) is 44.0 Å². The van der Waals surface area contributed by atoms with E-state index in [-0.39, 0.29) is 16.3 Å². The van der Waals surface area contributed by atoms with E-state index in [0.717, 1.165) is 19.3 Å². The Bertz CT molecular complexity index is 987. The van der Waals surface area contributed by atoms with Crippen molar-refractivity contribution in [1.29, 1.82) is 0 Å². The zero-order valence-corrected chi connectivity index (χ0v) is 18.3. The lowest BCUT2D eigenvalue weighted by molar-refractivity contribution is 0.102. The summed E-state index contributed by atoms with van der Waals surface area (Å²) in [7, 11) is -0.0747. The molecule has 1 N–H and O–H groups in total. The number of aromatic nitrogens is 2. The van der Waals surface area contributed by atoms with E-state index in [0.29, 0.717) is 31.2 Å². The van der Waals surface area contributed by atoms with Crippen LogP contribution in [0.15, 0.2) is 35.2 Å². The molecule has 0 radical (unpaired) electrons. The Kier molecular flexibility index (Phi) is 6.88. The zero-order valence-electron chi connectivity index (χ0n) is 17.5. The quantitative estimate of drug-likeness (QED) is 0.715. The SMILES string of the molecule is CCOc1ccc(NC(=O)c2ccc(N(C)C)nn2)cc1S(=O)(=O)N1CCCCC1. The van der Waals surface area contributed by atoms with Gasteiger partial charge in [-0.25, -0.2) is 8.42 Å². The molecule has 162 valence electrons. The van der Waals surface area contributed by atoms with Gasteiger partial charge in [-0.3, -0.25) is 4.79 Å². The molecule has 0 unspecified atom stereocenters. The van der Waals surface area contributed by atoms with E-state index < -0.39 is 15.9 Å². The van der Waals surface area contributed by atoms with E-state index in [1.165, 1.54) is 10.4 Å². The number of sulfonamides is 1. The molecule has 9 nitrogen and oxygen atoms in total. The van der Waals surface area contributed by atoms with Crippen molar-refractivity contribution in [3.8, 4) is 5.75 Å². The minimum atomic E-state index is -3.73. The van der Waals surface area contributed by atoms with Crippen LogP contribution in [0.2, 0.25) is 0 Å². The van der Waals surface area contributed by atoms with Gasteiger partial charge in [-0.2, -0.15) is 4.31 Å². The minimum Gasteiger partial charge on any atom is -0.492 e. The third kappa shape index (κ3) is 4.88. The van der Waals surface area contributed by atoms with Crippen molar-refractivity contribution in [2.24, 2.45) is 0 Å². The second-order valence-corrected chi connectivity index (χ2v) is 9.09. The molecule has 1 amide bonds. The van der Waals surface area contributed by atoms with E-state index >= 15 is 0 Å². The number of piperidine rings is 1. The first kappa shape index (κ1) is 22.0. The standard InChI is InChI=1S/C20H27N5O4S/c1-4-29-17-10-8-15(14-18(17)30(27,28)25-12-6-5-7-13-25)21-20(26)16-9-11-19(23-22-16)24(2)3/h8-11,14H,4-7,12-13H2,1-3H3,(H,21,26). The van der Waals surface area contributed by atoms with E-state index in [9.17, 15) is 13.2 Å². The molecule has 0 atom stereocenters. The van der Waals surface area contributed by atoms with Gasteiger partial charge in [0.15, 0.2) is 11.5 Å². The molecule has 0 aliphatic carbocycles. The van der Waals surface area contributed by atoms with Crippen LogP contribution in [-0.4, -0.2) is 62.6 Å². The molecule has 10 heteroatoms. The maximum absolute atomic E-state index is 13.2. The highest BCUT2D eigenvalue weighted by Crippen LogP contribution is 2.31. The third-order valence-corrected chi connectivity index (χ3v) is 6.70. The van der Waals surface area contributed by atoms with Gasteiger partial charge in [-0.05, 0) is 50.1 Å². The van der Waals surface area contributed by atoms with Crippen LogP contribution < -0.4 is 15.0 Å². The number of hydrogen-bond acceptors (Lipinski definition) is 7. The maximum atomic E-state index is 13.2. The lowest BCUT2D eigenvalue weighted by atomic mass is 10.2. The summed E-state index contributed by atoms with van der Waals surface area (Å²) in [5, 5.41) is 10.6. The molecule has 1 fully saturated rings. The zero-order chi connectivity index (χ0) is 21.7. The normalized spacial score (nSPS) is 14.9. The first-order valence-electron chi connectivity index (χ1n) is 9.92. The molecule has 1 aliphatic rings. The number of carbonyl (C=O) groups is 1. The molecule has 1 aromatic heterocycles. The monoisotopic (exact) mass is 433 g/mol. The highest BCUT2D eigenvalue weighted by atomic mass is 32.2. The lowest BCUT2D eigenvalue weighted by Crippen LogP contribution is -2.35.